The third-order valence-corrected chi connectivity index (χ3v) is 3.47. The van der Waals surface area contributed by atoms with Gasteiger partial charge in [-0.3, -0.25) is 9.59 Å². The molecule has 0 unspecified atom stereocenters. The molecule has 0 spiro atoms. The first-order valence-corrected chi connectivity index (χ1v) is 6.08. The number of carbonyl (C=O) groups is 2. The molecule has 0 aliphatic carbocycles. The molecule has 0 aromatic heterocycles. The molecule has 1 rings (SSSR count). The first-order valence-electron chi connectivity index (χ1n) is 6.08. The molecule has 98 valence electrons. The number of carboxylic acids is 1. The monoisotopic (exact) mass is 242 g/mol. The topological polar surface area (TPSA) is 69.6 Å². The van der Waals surface area contributed by atoms with Gasteiger partial charge in [0.15, 0.2) is 0 Å². The maximum atomic E-state index is 11.4. The molecule has 5 heteroatoms. The summed E-state index contributed by atoms with van der Waals surface area (Å²) in [7, 11) is 2.10. The Hall–Kier alpha value is -1.10. The third kappa shape index (κ3) is 5.17. The van der Waals surface area contributed by atoms with Crippen LogP contribution in [0.15, 0.2) is 0 Å². The van der Waals surface area contributed by atoms with E-state index >= 15 is 0 Å². The van der Waals surface area contributed by atoms with E-state index in [9.17, 15) is 9.59 Å². The zero-order valence-corrected chi connectivity index (χ0v) is 10.7. The van der Waals surface area contributed by atoms with Crippen molar-refractivity contribution in [3.8, 4) is 0 Å². The number of nitrogens with zero attached hydrogens (tertiary/aromatic N) is 1. The molecule has 0 bridgehead atoms. The van der Waals surface area contributed by atoms with Crippen LogP contribution in [0, 0.1) is 5.41 Å². The lowest BCUT2D eigenvalue weighted by Gasteiger charge is -2.37. The molecule has 1 saturated heterocycles. The SMILES string of the molecule is CN1CCC(C)(CNC(=O)CCC(=O)O)CC1. The van der Waals surface area contributed by atoms with Gasteiger partial charge in [0.05, 0.1) is 6.42 Å². The van der Waals surface area contributed by atoms with Crippen molar-refractivity contribution in [1.29, 1.82) is 0 Å². The van der Waals surface area contributed by atoms with Crippen molar-refractivity contribution >= 4 is 11.9 Å². The van der Waals surface area contributed by atoms with Crippen LogP contribution in [0.3, 0.4) is 0 Å². The summed E-state index contributed by atoms with van der Waals surface area (Å²) in [4.78, 5) is 24.0. The predicted molar refractivity (Wildman–Crippen MR) is 64.7 cm³/mol. The van der Waals surface area contributed by atoms with E-state index in [0.717, 1.165) is 25.9 Å². The van der Waals surface area contributed by atoms with E-state index in [1.165, 1.54) is 0 Å². The van der Waals surface area contributed by atoms with Crippen molar-refractivity contribution in [2.75, 3.05) is 26.7 Å². The van der Waals surface area contributed by atoms with E-state index in [1.54, 1.807) is 0 Å². The van der Waals surface area contributed by atoms with E-state index in [1.807, 2.05) is 0 Å². The van der Waals surface area contributed by atoms with Gasteiger partial charge in [-0.2, -0.15) is 0 Å². The molecular formula is C12H22N2O3. The van der Waals surface area contributed by atoms with Crippen molar-refractivity contribution in [1.82, 2.24) is 10.2 Å². The lowest BCUT2D eigenvalue weighted by molar-refractivity contribution is -0.138. The second-order valence-corrected chi connectivity index (χ2v) is 5.28. The van der Waals surface area contributed by atoms with Gasteiger partial charge in [0, 0.05) is 13.0 Å². The smallest absolute Gasteiger partial charge is 0.303 e. The average molecular weight is 242 g/mol. The second-order valence-electron chi connectivity index (χ2n) is 5.28. The van der Waals surface area contributed by atoms with Gasteiger partial charge < -0.3 is 15.3 Å². The van der Waals surface area contributed by atoms with Gasteiger partial charge in [0.2, 0.25) is 5.91 Å². The molecule has 0 aromatic rings. The first-order chi connectivity index (χ1) is 7.91. The van der Waals surface area contributed by atoms with Crippen LogP contribution in [0.4, 0.5) is 0 Å². The van der Waals surface area contributed by atoms with Crippen molar-refractivity contribution in [3.05, 3.63) is 0 Å². The average Bonchev–Trinajstić information content (AvgIpc) is 2.28. The predicted octanol–water partition coefficient (Wildman–Crippen LogP) is 0.699. The number of hydrogen-bond acceptors (Lipinski definition) is 3. The number of carboxylic acid groups (broad SMARTS) is 1. The van der Waals surface area contributed by atoms with Crippen LogP contribution >= 0.6 is 0 Å². The molecule has 0 atom stereocenters. The van der Waals surface area contributed by atoms with Crippen molar-refractivity contribution < 1.29 is 14.7 Å². The maximum Gasteiger partial charge on any atom is 0.303 e. The van der Waals surface area contributed by atoms with Crippen LogP contribution in [-0.4, -0.2) is 48.6 Å². The molecule has 1 heterocycles. The molecular weight excluding hydrogens is 220 g/mol. The number of piperidine rings is 1. The summed E-state index contributed by atoms with van der Waals surface area (Å²) in [5.74, 6) is -1.08. The van der Waals surface area contributed by atoms with Gasteiger partial charge >= 0.3 is 5.97 Å². The summed E-state index contributed by atoms with van der Waals surface area (Å²) in [5, 5.41) is 11.3. The molecule has 0 aromatic carbocycles. The Balaban J connectivity index is 2.25. The number of carbonyl (C=O) groups excluding carboxylic acids is 1. The summed E-state index contributed by atoms with van der Waals surface area (Å²) in [6.07, 6.45) is 2.13. The van der Waals surface area contributed by atoms with Gasteiger partial charge in [-0.05, 0) is 38.4 Å². The highest BCUT2D eigenvalue weighted by Crippen LogP contribution is 2.29. The Labute approximate surface area is 102 Å². The van der Waals surface area contributed by atoms with Gasteiger partial charge in [0.25, 0.3) is 0 Å². The van der Waals surface area contributed by atoms with Crippen LogP contribution < -0.4 is 5.32 Å². The minimum atomic E-state index is -0.925. The highest BCUT2D eigenvalue weighted by Gasteiger charge is 2.28. The van der Waals surface area contributed by atoms with Crippen LogP contribution in [0.25, 0.3) is 0 Å². The minimum absolute atomic E-state index is 0.0747. The highest BCUT2D eigenvalue weighted by atomic mass is 16.4. The summed E-state index contributed by atoms with van der Waals surface area (Å²) in [6.45, 7) is 4.94. The van der Waals surface area contributed by atoms with Gasteiger partial charge in [-0.15, -0.1) is 0 Å². The number of likely N-dealkylation sites (tertiary alicyclic amines) is 1. The fraction of sp³-hybridized carbons (Fsp3) is 0.833. The zero-order chi connectivity index (χ0) is 12.9. The molecule has 17 heavy (non-hydrogen) atoms. The van der Waals surface area contributed by atoms with Crippen molar-refractivity contribution in [2.24, 2.45) is 5.41 Å². The van der Waals surface area contributed by atoms with Gasteiger partial charge in [-0.1, -0.05) is 6.92 Å². The Morgan fingerprint density at radius 2 is 1.88 bits per heavy atom. The fourth-order valence-electron chi connectivity index (χ4n) is 1.96. The zero-order valence-electron chi connectivity index (χ0n) is 10.7. The highest BCUT2D eigenvalue weighted by molar-refractivity contribution is 5.80. The molecule has 1 amide bonds. The molecule has 1 aliphatic rings. The molecule has 2 N–H and O–H groups in total. The van der Waals surface area contributed by atoms with Gasteiger partial charge in [0.1, 0.15) is 0 Å². The number of hydrogen-bond donors (Lipinski definition) is 2. The standard InChI is InChI=1S/C12H22N2O3/c1-12(5-7-14(2)8-6-12)9-13-10(15)3-4-11(16)17/h3-9H2,1-2H3,(H,13,15)(H,16,17). The van der Waals surface area contributed by atoms with E-state index in [4.69, 9.17) is 5.11 Å². The number of rotatable bonds is 5. The molecule has 0 radical (unpaired) electrons. The van der Waals surface area contributed by atoms with Crippen molar-refractivity contribution in [2.45, 2.75) is 32.6 Å². The van der Waals surface area contributed by atoms with Crippen LogP contribution in [0.2, 0.25) is 0 Å². The van der Waals surface area contributed by atoms with Gasteiger partial charge in [-0.25, -0.2) is 0 Å². The number of aliphatic carboxylic acids is 1. The Bertz CT molecular complexity index is 283. The summed E-state index contributed by atoms with van der Waals surface area (Å²) in [6, 6.07) is 0. The Morgan fingerprint density at radius 1 is 1.29 bits per heavy atom. The Kier molecular flexibility index (Phi) is 4.93. The minimum Gasteiger partial charge on any atom is -0.481 e. The lowest BCUT2D eigenvalue weighted by atomic mass is 9.80. The molecule has 1 aliphatic heterocycles. The summed E-state index contributed by atoms with van der Waals surface area (Å²) in [5.41, 5.74) is 0.158. The summed E-state index contributed by atoms with van der Waals surface area (Å²) < 4.78 is 0. The largest absolute Gasteiger partial charge is 0.481 e. The van der Waals surface area contributed by atoms with E-state index in [-0.39, 0.29) is 24.2 Å². The number of amides is 1. The van der Waals surface area contributed by atoms with E-state index in [2.05, 4.69) is 24.2 Å². The normalized spacial score (nSPS) is 19.9. The third-order valence-electron chi connectivity index (χ3n) is 3.47. The summed E-state index contributed by atoms with van der Waals surface area (Å²) >= 11 is 0. The molecule has 0 saturated carbocycles. The lowest BCUT2D eigenvalue weighted by Crippen LogP contribution is -2.43. The second kappa shape index (κ2) is 6.00. The quantitative estimate of drug-likeness (QED) is 0.744. The fourth-order valence-corrected chi connectivity index (χ4v) is 1.96. The maximum absolute atomic E-state index is 11.4. The number of nitrogens with one attached hydrogen (secondary N) is 1. The van der Waals surface area contributed by atoms with E-state index in [0.29, 0.717) is 6.54 Å². The van der Waals surface area contributed by atoms with Crippen LogP contribution in [-0.2, 0) is 9.59 Å². The van der Waals surface area contributed by atoms with Crippen LogP contribution in [0.1, 0.15) is 32.6 Å². The van der Waals surface area contributed by atoms with Crippen LogP contribution in [0.5, 0.6) is 0 Å². The van der Waals surface area contributed by atoms with E-state index < -0.39 is 5.97 Å². The first kappa shape index (κ1) is 14.0. The Morgan fingerprint density at radius 3 is 2.41 bits per heavy atom. The van der Waals surface area contributed by atoms with Crippen molar-refractivity contribution in [3.63, 3.8) is 0 Å². The molecule has 1 fully saturated rings. The molecule has 5 nitrogen and oxygen atoms in total.